The Labute approximate surface area is 104 Å². The topological polar surface area (TPSA) is 52.6 Å². The zero-order chi connectivity index (χ0) is 12.6. The zero-order valence-electron chi connectivity index (χ0n) is 9.98. The fraction of sp³-hybridized carbons (Fsp3) is 0.500. The number of thiophene rings is 1. The number of hydrogen-bond donors (Lipinski definition) is 0. The van der Waals surface area contributed by atoms with E-state index in [1.165, 1.54) is 14.2 Å². The van der Waals surface area contributed by atoms with Crippen LogP contribution < -0.4 is 0 Å². The van der Waals surface area contributed by atoms with Crippen molar-refractivity contribution < 1.29 is 19.1 Å². The highest BCUT2D eigenvalue weighted by molar-refractivity contribution is 7.12. The summed E-state index contributed by atoms with van der Waals surface area (Å²) in [7, 11) is 2.59. The monoisotopic (exact) mass is 254 g/mol. The molecule has 1 atom stereocenters. The number of carbonyl (C=O) groups excluding carboxylic acids is 2. The lowest BCUT2D eigenvalue weighted by molar-refractivity contribution is -0.161. The van der Waals surface area contributed by atoms with Gasteiger partial charge in [-0.3, -0.25) is 9.59 Å². The molecule has 2 rings (SSSR count). The van der Waals surface area contributed by atoms with Crippen molar-refractivity contribution in [2.45, 2.75) is 19.3 Å². The first-order valence-corrected chi connectivity index (χ1v) is 6.11. The predicted molar refractivity (Wildman–Crippen MR) is 62.9 cm³/mol. The molecule has 17 heavy (non-hydrogen) atoms. The molecule has 0 saturated heterocycles. The van der Waals surface area contributed by atoms with Gasteiger partial charge in [-0.25, -0.2) is 0 Å². The minimum absolute atomic E-state index is 0.0962. The summed E-state index contributed by atoms with van der Waals surface area (Å²) in [6, 6.07) is 3.94. The Morgan fingerprint density at radius 3 is 2.29 bits per heavy atom. The molecule has 0 N–H and O–H groups in total. The molecule has 1 saturated carbocycles. The summed E-state index contributed by atoms with van der Waals surface area (Å²) in [4.78, 5) is 25.7. The fourth-order valence-corrected chi connectivity index (χ4v) is 3.22. The number of hydrogen-bond acceptors (Lipinski definition) is 5. The summed E-state index contributed by atoms with van der Waals surface area (Å²) < 4.78 is 9.45. The summed E-state index contributed by atoms with van der Waals surface area (Å²) in [6.07, 6.45) is 0.478. The van der Waals surface area contributed by atoms with Crippen LogP contribution in [0, 0.1) is 12.3 Å². The van der Waals surface area contributed by atoms with E-state index in [0.29, 0.717) is 6.42 Å². The molecule has 1 fully saturated rings. The van der Waals surface area contributed by atoms with Crippen LogP contribution in [0.4, 0.5) is 0 Å². The lowest BCUT2D eigenvalue weighted by atomic mass is 10.0. The first kappa shape index (κ1) is 12.1. The molecular formula is C12H14O4S. The second-order valence-corrected chi connectivity index (χ2v) is 5.48. The summed E-state index contributed by atoms with van der Waals surface area (Å²) in [5, 5.41) is 0. The van der Waals surface area contributed by atoms with E-state index in [-0.39, 0.29) is 5.92 Å². The van der Waals surface area contributed by atoms with Gasteiger partial charge in [0.25, 0.3) is 0 Å². The Morgan fingerprint density at radius 2 is 1.88 bits per heavy atom. The van der Waals surface area contributed by atoms with Crippen LogP contribution in [0.25, 0.3) is 0 Å². The second kappa shape index (κ2) is 4.14. The smallest absolute Gasteiger partial charge is 0.323 e. The normalized spacial score (nSPS) is 20.8. The van der Waals surface area contributed by atoms with Crippen LogP contribution in [-0.2, 0) is 19.1 Å². The second-order valence-electron chi connectivity index (χ2n) is 4.16. The minimum atomic E-state index is -1.11. The van der Waals surface area contributed by atoms with Gasteiger partial charge in [0, 0.05) is 15.7 Å². The van der Waals surface area contributed by atoms with Gasteiger partial charge in [-0.1, -0.05) is 0 Å². The van der Waals surface area contributed by atoms with Gasteiger partial charge >= 0.3 is 11.9 Å². The first-order chi connectivity index (χ1) is 8.06. The molecule has 4 nitrogen and oxygen atoms in total. The van der Waals surface area contributed by atoms with Gasteiger partial charge in [0.15, 0.2) is 5.41 Å². The zero-order valence-corrected chi connectivity index (χ0v) is 10.8. The third-order valence-corrected chi connectivity index (χ3v) is 4.28. The molecule has 92 valence electrons. The van der Waals surface area contributed by atoms with Crippen molar-refractivity contribution in [1.29, 1.82) is 0 Å². The van der Waals surface area contributed by atoms with Gasteiger partial charge < -0.3 is 9.47 Å². The first-order valence-electron chi connectivity index (χ1n) is 5.29. The van der Waals surface area contributed by atoms with Crippen molar-refractivity contribution in [1.82, 2.24) is 0 Å². The van der Waals surface area contributed by atoms with E-state index in [1.54, 1.807) is 11.3 Å². The summed E-state index contributed by atoms with van der Waals surface area (Å²) in [5.41, 5.74) is -1.11. The summed E-state index contributed by atoms with van der Waals surface area (Å²) in [5.74, 6) is -1.10. The lowest BCUT2D eigenvalue weighted by Gasteiger charge is -2.11. The molecule has 1 unspecified atom stereocenters. The number of aryl methyl sites for hydroxylation is 1. The molecule has 0 aliphatic heterocycles. The standard InChI is InChI=1S/C12H14O4S/c1-7-4-5-9(17-7)8-6-12(8,10(13)15-2)11(14)16-3/h4-5,8H,6H2,1-3H3. The Bertz CT molecular complexity index is 447. The molecule has 1 aliphatic rings. The third-order valence-electron chi connectivity index (χ3n) is 3.16. The number of ether oxygens (including phenoxy) is 2. The highest BCUT2D eigenvalue weighted by atomic mass is 32.1. The summed E-state index contributed by atoms with van der Waals surface area (Å²) in [6.45, 7) is 1.99. The average molecular weight is 254 g/mol. The number of carbonyl (C=O) groups is 2. The van der Waals surface area contributed by atoms with Crippen molar-refractivity contribution in [3.05, 3.63) is 21.9 Å². The Kier molecular flexibility index (Phi) is 2.95. The molecule has 1 aromatic rings. The van der Waals surface area contributed by atoms with Crippen LogP contribution in [0.15, 0.2) is 12.1 Å². The van der Waals surface area contributed by atoms with Crippen LogP contribution in [0.5, 0.6) is 0 Å². The maximum absolute atomic E-state index is 11.8. The molecule has 0 radical (unpaired) electrons. The van der Waals surface area contributed by atoms with Crippen molar-refractivity contribution in [2.24, 2.45) is 5.41 Å². The maximum atomic E-state index is 11.8. The van der Waals surface area contributed by atoms with E-state index in [1.807, 2.05) is 19.1 Å². The van der Waals surface area contributed by atoms with Crippen molar-refractivity contribution in [3.63, 3.8) is 0 Å². The third kappa shape index (κ3) is 1.74. The van der Waals surface area contributed by atoms with E-state index in [2.05, 4.69) is 0 Å². The Morgan fingerprint density at radius 1 is 1.29 bits per heavy atom. The molecule has 0 spiro atoms. The highest BCUT2D eigenvalue weighted by Crippen LogP contribution is 2.61. The van der Waals surface area contributed by atoms with Crippen LogP contribution in [-0.4, -0.2) is 26.2 Å². The maximum Gasteiger partial charge on any atom is 0.323 e. The van der Waals surface area contributed by atoms with Crippen molar-refractivity contribution in [2.75, 3.05) is 14.2 Å². The van der Waals surface area contributed by atoms with E-state index in [0.717, 1.165) is 9.75 Å². The van der Waals surface area contributed by atoms with Gasteiger partial charge in [0.2, 0.25) is 0 Å². The molecule has 1 heterocycles. The van der Waals surface area contributed by atoms with Crippen molar-refractivity contribution in [3.8, 4) is 0 Å². The van der Waals surface area contributed by atoms with E-state index in [4.69, 9.17) is 9.47 Å². The number of methoxy groups -OCH3 is 2. The molecular weight excluding hydrogens is 240 g/mol. The quantitative estimate of drug-likeness (QED) is 0.610. The number of esters is 2. The van der Waals surface area contributed by atoms with Gasteiger partial charge in [-0.05, 0) is 25.5 Å². The van der Waals surface area contributed by atoms with Gasteiger partial charge in [-0.15, -0.1) is 11.3 Å². The van der Waals surface area contributed by atoms with E-state index >= 15 is 0 Å². The van der Waals surface area contributed by atoms with Gasteiger partial charge in [-0.2, -0.15) is 0 Å². The fourth-order valence-electron chi connectivity index (χ4n) is 2.15. The minimum Gasteiger partial charge on any atom is -0.468 e. The highest BCUT2D eigenvalue weighted by Gasteiger charge is 2.68. The Hall–Kier alpha value is -1.36. The molecule has 1 aliphatic carbocycles. The predicted octanol–water partition coefficient (Wildman–Crippen LogP) is 1.88. The lowest BCUT2D eigenvalue weighted by Crippen LogP contribution is -2.29. The van der Waals surface area contributed by atoms with Crippen LogP contribution in [0.2, 0.25) is 0 Å². The SMILES string of the molecule is COC(=O)C1(C(=O)OC)CC1c1ccc(C)s1. The molecule has 0 aromatic carbocycles. The van der Waals surface area contributed by atoms with E-state index < -0.39 is 17.4 Å². The van der Waals surface area contributed by atoms with Gasteiger partial charge in [0.05, 0.1) is 14.2 Å². The average Bonchev–Trinajstić information content (AvgIpc) is 2.96. The van der Waals surface area contributed by atoms with Crippen LogP contribution in [0.3, 0.4) is 0 Å². The van der Waals surface area contributed by atoms with Crippen molar-refractivity contribution >= 4 is 23.3 Å². The number of rotatable bonds is 3. The van der Waals surface area contributed by atoms with Crippen LogP contribution in [0.1, 0.15) is 22.1 Å². The molecule has 0 bridgehead atoms. The Balaban J connectivity index is 2.29. The van der Waals surface area contributed by atoms with E-state index in [9.17, 15) is 9.59 Å². The summed E-state index contributed by atoms with van der Waals surface area (Å²) >= 11 is 1.60. The molecule has 0 amide bonds. The van der Waals surface area contributed by atoms with Crippen LogP contribution >= 0.6 is 11.3 Å². The van der Waals surface area contributed by atoms with Gasteiger partial charge in [0.1, 0.15) is 0 Å². The molecule has 5 heteroatoms. The molecule has 1 aromatic heterocycles. The largest absolute Gasteiger partial charge is 0.468 e.